The van der Waals surface area contributed by atoms with Gasteiger partial charge in [-0.05, 0) is 42.5 Å². The third-order valence-electron chi connectivity index (χ3n) is 3.71. The molecule has 3 N–H and O–H groups in total. The summed E-state index contributed by atoms with van der Waals surface area (Å²) in [5.74, 6) is -0.552. The van der Waals surface area contributed by atoms with Gasteiger partial charge in [-0.2, -0.15) is 0 Å². The molecule has 0 atom stereocenters. The molecule has 0 radical (unpaired) electrons. The number of nitrogens with zero attached hydrogens (tertiary/aromatic N) is 1. The van der Waals surface area contributed by atoms with Crippen molar-refractivity contribution >= 4 is 61.3 Å². The molecule has 0 saturated heterocycles. The summed E-state index contributed by atoms with van der Waals surface area (Å²) < 4.78 is 27.4. The zero-order chi connectivity index (χ0) is 21.7. The molecule has 3 rings (SSSR count). The van der Waals surface area contributed by atoms with E-state index in [1.54, 1.807) is 29.6 Å². The molecular weight excluding hydrogens is 448 g/mol. The van der Waals surface area contributed by atoms with Crippen molar-refractivity contribution in [2.24, 2.45) is 0 Å². The van der Waals surface area contributed by atoms with Gasteiger partial charge < -0.3 is 10.6 Å². The van der Waals surface area contributed by atoms with Gasteiger partial charge in [-0.3, -0.25) is 14.3 Å². The highest BCUT2D eigenvalue weighted by Crippen LogP contribution is 2.22. The number of hydrogen-bond acceptors (Lipinski definition) is 6. The number of hydrogen-bond donors (Lipinski definition) is 3. The van der Waals surface area contributed by atoms with Crippen LogP contribution in [0, 0.1) is 0 Å². The molecule has 0 aliphatic rings. The average molecular weight is 465 g/mol. The molecule has 0 unspecified atom stereocenters. The molecule has 8 nitrogen and oxygen atoms in total. The average Bonchev–Trinajstić information content (AvgIpc) is 3.07. The molecule has 0 fully saturated rings. The largest absolute Gasteiger partial charge is 0.326 e. The van der Waals surface area contributed by atoms with Crippen LogP contribution in [0.3, 0.4) is 0 Å². The van der Waals surface area contributed by atoms with Gasteiger partial charge in [0.05, 0.1) is 17.0 Å². The normalized spacial score (nSPS) is 11.0. The lowest BCUT2D eigenvalue weighted by molar-refractivity contribution is -0.116. The molecule has 156 valence electrons. The van der Waals surface area contributed by atoms with Crippen molar-refractivity contribution in [1.82, 2.24) is 4.98 Å². The van der Waals surface area contributed by atoms with E-state index in [0.717, 1.165) is 11.3 Å². The third kappa shape index (κ3) is 6.02. The topological polar surface area (TPSA) is 117 Å². The van der Waals surface area contributed by atoms with Crippen molar-refractivity contribution in [3.63, 3.8) is 0 Å². The number of anilines is 3. The van der Waals surface area contributed by atoms with Crippen LogP contribution < -0.4 is 15.4 Å². The summed E-state index contributed by atoms with van der Waals surface area (Å²) in [5.41, 5.74) is 1.48. The highest BCUT2D eigenvalue weighted by Gasteiger charge is 2.17. The first-order valence-corrected chi connectivity index (χ1v) is 11.4. The van der Waals surface area contributed by atoms with E-state index in [1.807, 2.05) is 0 Å². The van der Waals surface area contributed by atoms with Crippen LogP contribution in [0.5, 0.6) is 0 Å². The first-order chi connectivity index (χ1) is 14.2. The predicted molar refractivity (Wildman–Crippen MR) is 117 cm³/mol. The monoisotopic (exact) mass is 464 g/mol. The summed E-state index contributed by atoms with van der Waals surface area (Å²) in [4.78, 5) is 27.4. The molecule has 2 aromatic carbocycles. The minimum absolute atomic E-state index is 0.0177. The van der Waals surface area contributed by atoms with E-state index in [1.165, 1.54) is 31.2 Å². The van der Waals surface area contributed by atoms with E-state index in [4.69, 9.17) is 11.6 Å². The lowest BCUT2D eigenvalue weighted by atomic mass is 10.3. The number of benzene rings is 2. The van der Waals surface area contributed by atoms with Crippen LogP contribution in [0.25, 0.3) is 0 Å². The highest BCUT2D eigenvalue weighted by atomic mass is 35.5. The molecule has 1 heterocycles. The number of amides is 2. The Morgan fingerprint density at radius 2 is 1.80 bits per heavy atom. The molecule has 0 aliphatic heterocycles. The SMILES string of the molecule is CC(=O)Nc1ccc(S(=O)(=O)Nc2nc(CC(=O)Nc3cccc(Cl)c3)cs2)cc1. The zero-order valence-electron chi connectivity index (χ0n) is 15.7. The highest BCUT2D eigenvalue weighted by molar-refractivity contribution is 7.93. The van der Waals surface area contributed by atoms with Crippen molar-refractivity contribution < 1.29 is 18.0 Å². The van der Waals surface area contributed by atoms with Gasteiger partial charge in [-0.1, -0.05) is 17.7 Å². The van der Waals surface area contributed by atoms with Crippen LogP contribution >= 0.6 is 22.9 Å². The number of carbonyl (C=O) groups is 2. The standard InChI is InChI=1S/C19H17ClN4O4S2/c1-12(25)21-14-5-7-17(8-6-14)30(27,28)24-19-23-16(11-29-19)10-18(26)22-15-4-2-3-13(20)9-15/h2-9,11H,10H2,1H3,(H,21,25)(H,22,26)(H,23,24). The Morgan fingerprint density at radius 3 is 2.47 bits per heavy atom. The van der Waals surface area contributed by atoms with Crippen LogP contribution in [0.15, 0.2) is 58.8 Å². The van der Waals surface area contributed by atoms with Gasteiger partial charge in [0.1, 0.15) is 0 Å². The summed E-state index contributed by atoms with van der Waals surface area (Å²) in [7, 11) is -3.86. The number of carbonyl (C=O) groups excluding carboxylic acids is 2. The molecule has 0 bridgehead atoms. The first kappa shape index (κ1) is 21.8. The van der Waals surface area contributed by atoms with Crippen molar-refractivity contribution in [1.29, 1.82) is 0 Å². The van der Waals surface area contributed by atoms with E-state index in [-0.39, 0.29) is 28.3 Å². The van der Waals surface area contributed by atoms with Gasteiger partial charge in [-0.25, -0.2) is 13.4 Å². The lowest BCUT2D eigenvalue weighted by Crippen LogP contribution is -2.15. The number of rotatable bonds is 7. The minimum atomic E-state index is -3.86. The molecule has 2 amide bonds. The van der Waals surface area contributed by atoms with Crippen LogP contribution in [0.4, 0.5) is 16.5 Å². The minimum Gasteiger partial charge on any atom is -0.326 e. The number of nitrogens with one attached hydrogen (secondary N) is 3. The molecule has 0 spiro atoms. The molecule has 3 aromatic rings. The van der Waals surface area contributed by atoms with E-state index in [0.29, 0.717) is 22.1 Å². The van der Waals surface area contributed by atoms with Crippen molar-refractivity contribution in [2.75, 3.05) is 15.4 Å². The van der Waals surface area contributed by atoms with Gasteiger partial charge in [0.15, 0.2) is 5.13 Å². The molecule has 0 aliphatic carbocycles. The van der Waals surface area contributed by atoms with E-state index < -0.39 is 10.0 Å². The number of aromatic nitrogens is 1. The molecule has 0 saturated carbocycles. The quantitative estimate of drug-likeness (QED) is 0.492. The van der Waals surface area contributed by atoms with Gasteiger partial charge in [0.25, 0.3) is 10.0 Å². The summed E-state index contributed by atoms with van der Waals surface area (Å²) in [5, 5.41) is 7.53. The predicted octanol–water partition coefficient (Wildman–Crippen LogP) is 3.74. The smallest absolute Gasteiger partial charge is 0.263 e. The molecule has 11 heteroatoms. The maximum absolute atomic E-state index is 12.5. The third-order valence-corrected chi connectivity index (χ3v) is 6.23. The fourth-order valence-electron chi connectivity index (χ4n) is 2.47. The second kappa shape index (κ2) is 9.24. The zero-order valence-corrected chi connectivity index (χ0v) is 18.1. The number of thiazole rings is 1. The van der Waals surface area contributed by atoms with Crippen LogP contribution in [0.2, 0.25) is 5.02 Å². The Kier molecular flexibility index (Phi) is 6.70. The van der Waals surface area contributed by atoms with Gasteiger partial charge in [0.2, 0.25) is 11.8 Å². The second-order valence-electron chi connectivity index (χ2n) is 6.19. The van der Waals surface area contributed by atoms with Gasteiger partial charge in [0, 0.05) is 28.7 Å². The van der Waals surface area contributed by atoms with Crippen molar-refractivity contribution in [3.8, 4) is 0 Å². The Labute approximate surface area is 182 Å². The molecule has 30 heavy (non-hydrogen) atoms. The maximum Gasteiger partial charge on any atom is 0.263 e. The lowest BCUT2D eigenvalue weighted by Gasteiger charge is -2.07. The summed E-state index contributed by atoms with van der Waals surface area (Å²) >= 11 is 6.96. The summed E-state index contributed by atoms with van der Waals surface area (Å²) in [6.07, 6.45) is -0.0177. The Balaban J connectivity index is 1.62. The Hall–Kier alpha value is -2.95. The fraction of sp³-hybridized carbons (Fsp3) is 0.105. The van der Waals surface area contributed by atoms with Crippen LogP contribution in [-0.4, -0.2) is 25.2 Å². The fourth-order valence-corrected chi connectivity index (χ4v) is 4.62. The van der Waals surface area contributed by atoms with Gasteiger partial charge in [-0.15, -0.1) is 11.3 Å². The van der Waals surface area contributed by atoms with Crippen LogP contribution in [-0.2, 0) is 26.0 Å². The second-order valence-corrected chi connectivity index (χ2v) is 9.17. The Morgan fingerprint density at radius 1 is 1.07 bits per heavy atom. The molecule has 1 aromatic heterocycles. The summed E-state index contributed by atoms with van der Waals surface area (Å²) in [6, 6.07) is 12.5. The van der Waals surface area contributed by atoms with E-state index >= 15 is 0 Å². The van der Waals surface area contributed by atoms with E-state index in [2.05, 4.69) is 20.3 Å². The Bertz CT molecular complexity index is 1180. The molecular formula is C19H17ClN4O4S2. The van der Waals surface area contributed by atoms with Crippen molar-refractivity contribution in [2.45, 2.75) is 18.2 Å². The number of sulfonamides is 1. The van der Waals surface area contributed by atoms with Crippen LogP contribution in [0.1, 0.15) is 12.6 Å². The first-order valence-electron chi connectivity index (χ1n) is 8.61. The number of halogens is 1. The van der Waals surface area contributed by atoms with Gasteiger partial charge >= 0.3 is 0 Å². The van der Waals surface area contributed by atoms with E-state index in [9.17, 15) is 18.0 Å². The maximum atomic E-state index is 12.5. The van der Waals surface area contributed by atoms with Crippen molar-refractivity contribution in [3.05, 3.63) is 64.6 Å². The summed E-state index contributed by atoms with van der Waals surface area (Å²) in [6.45, 7) is 1.36.